The monoisotopic (exact) mass is 568 g/mol. The molecule has 2 aromatic carbocycles. The fourth-order valence-electron chi connectivity index (χ4n) is 5.79. The molecule has 1 atom stereocenters. The van der Waals surface area contributed by atoms with Crippen molar-refractivity contribution in [2.45, 2.75) is 51.0 Å². The molecule has 2 N–H and O–H groups in total. The van der Waals surface area contributed by atoms with Crippen LogP contribution >= 0.6 is 0 Å². The van der Waals surface area contributed by atoms with Crippen molar-refractivity contribution < 1.29 is 22.8 Å². The summed E-state index contributed by atoms with van der Waals surface area (Å²) in [7, 11) is 0. The minimum Gasteiger partial charge on any atom is -0.365 e. The number of carbonyl (C=O) groups excluding carboxylic acids is 2. The summed E-state index contributed by atoms with van der Waals surface area (Å²) in [6, 6.07) is 14.9. The lowest BCUT2D eigenvalue weighted by Crippen LogP contribution is -2.66. The van der Waals surface area contributed by atoms with Crippen LogP contribution in [0.15, 0.2) is 60.8 Å². The largest absolute Gasteiger partial charge is 0.416 e. The third kappa shape index (κ3) is 6.40. The number of carbonyl (C=O) groups is 2. The molecule has 2 amide bonds. The maximum atomic E-state index is 14.0. The van der Waals surface area contributed by atoms with E-state index in [1.165, 1.54) is 16.3 Å². The molecule has 41 heavy (non-hydrogen) atoms. The summed E-state index contributed by atoms with van der Waals surface area (Å²) in [6.45, 7) is 7.03. The molecule has 2 fully saturated rings. The van der Waals surface area contributed by atoms with Crippen LogP contribution in [0.2, 0.25) is 0 Å². The Balaban J connectivity index is 1.26. The molecular weight excluding hydrogens is 533 g/mol. The molecule has 218 valence electrons. The Labute approximate surface area is 237 Å². The highest BCUT2D eigenvalue weighted by molar-refractivity contribution is 5.92. The van der Waals surface area contributed by atoms with Crippen molar-refractivity contribution in [3.63, 3.8) is 0 Å². The zero-order valence-corrected chi connectivity index (χ0v) is 23.2. The van der Waals surface area contributed by atoms with E-state index in [4.69, 9.17) is 0 Å². The zero-order chi connectivity index (χ0) is 29.2. The van der Waals surface area contributed by atoms with Gasteiger partial charge in [-0.15, -0.1) is 0 Å². The number of nitrogens with one attached hydrogen (secondary N) is 2. The number of hydrogen-bond donors (Lipinski definition) is 2. The summed E-state index contributed by atoms with van der Waals surface area (Å²) in [5, 5.41) is 10.6. The van der Waals surface area contributed by atoms with Gasteiger partial charge in [0.25, 0.3) is 0 Å². The maximum absolute atomic E-state index is 14.0. The molecule has 2 saturated heterocycles. The number of amides is 2. The Bertz CT molecular complexity index is 1400. The van der Waals surface area contributed by atoms with E-state index in [0.29, 0.717) is 56.8 Å². The van der Waals surface area contributed by atoms with Gasteiger partial charge in [0.05, 0.1) is 11.3 Å². The first-order chi connectivity index (χ1) is 19.5. The van der Waals surface area contributed by atoms with Gasteiger partial charge >= 0.3 is 6.18 Å². The normalized spacial score (nSPS) is 19.2. The number of hydrogen-bond acceptors (Lipinski definition) is 5. The first-order valence-electron chi connectivity index (χ1n) is 13.9. The summed E-state index contributed by atoms with van der Waals surface area (Å²) in [5.74, 6) is -0.446. The topological polar surface area (TPSA) is 82.5 Å². The number of benzene rings is 2. The Morgan fingerprint density at radius 1 is 1.07 bits per heavy atom. The molecule has 11 heteroatoms. The number of aromatic nitrogens is 2. The number of piperazine rings is 1. The van der Waals surface area contributed by atoms with Crippen LogP contribution in [0.3, 0.4) is 0 Å². The predicted molar refractivity (Wildman–Crippen MR) is 150 cm³/mol. The molecule has 5 rings (SSSR count). The number of rotatable bonds is 6. The van der Waals surface area contributed by atoms with Crippen molar-refractivity contribution in [2.24, 2.45) is 0 Å². The average Bonchev–Trinajstić information content (AvgIpc) is 3.41. The maximum Gasteiger partial charge on any atom is 0.416 e. The number of aryl methyl sites for hydroxylation is 1. The summed E-state index contributed by atoms with van der Waals surface area (Å²) in [4.78, 5) is 31.3. The minimum atomic E-state index is -4.46. The van der Waals surface area contributed by atoms with Crippen molar-refractivity contribution >= 4 is 17.5 Å². The van der Waals surface area contributed by atoms with Crippen molar-refractivity contribution in [2.75, 3.05) is 37.6 Å². The molecule has 0 spiro atoms. The van der Waals surface area contributed by atoms with Crippen LogP contribution in [-0.4, -0.2) is 70.8 Å². The van der Waals surface area contributed by atoms with Crippen LogP contribution in [0.4, 0.5) is 18.9 Å². The first-order valence-corrected chi connectivity index (χ1v) is 13.9. The molecule has 2 aliphatic heterocycles. The van der Waals surface area contributed by atoms with Gasteiger partial charge in [-0.2, -0.15) is 18.3 Å². The first kappa shape index (κ1) is 28.7. The fourth-order valence-corrected chi connectivity index (χ4v) is 5.79. The Kier molecular flexibility index (Phi) is 8.08. The quantitative estimate of drug-likeness (QED) is 0.472. The average molecular weight is 569 g/mol. The van der Waals surface area contributed by atoms with Gasteiger partial charge in [0.1, 0.15) is 12.1 Å². The van der Waals surface area contributed by atoms with Gasteiger partial charge < -0.3 is 20.4 Å². The van der Waals surface area contributed by atoms with Gasteiger partial charge in [-0.05, 0) is 75.7 Å². The molecule has 0 aliphatic carbocycles. The second-order valence-electron chi connectivity index (χ2n) is 11.0. The summed E-state index contributed by atoms with van der Waals surface area (Å²) < 4.78 is 40.8. The van der Waals surface area contributed by atoms with Crippen LogP contribution in [0.1, 0.15) is 30.9 Å². The van der Waals surface area contributed by atoms with Crippen LogP contribution in [0, 0.1) is 6.92 Å². The van der Waals surface area contributed by atoms with E-state index < -0.39 is 17.3 Å². The predicted octanol–water partition coefficient (Wildman–Crippen LogP) is 3.85. The SMILES string of the molecule is Cc1cccc(N2CCN(C(=O)C3(NC(=O)Cn4ccc(-c5cccc(C(F)(F)F)c5)n4)CCNCC3)CC2C)c1. The van der Waals surface area contributed by atoms with E-state index in [1.54, 1.807) is 18.3 Å². The van der Waals surface area contributed by atoms with E-state index in [0.717, 1.165) is 17.8 Å². The molecule has 8 nitrogen and oxygen atoms in total. The Hall–Kier alpha value is -3.86. The summed E-state index contributed by atoms with van der Waals surface area (Å²) >= 11 is 0. The molecule has 0 saturated carbocycles. The minimum absolute atomic E-state index is 0.0757. The second-order valence-corrected chi connectivity index (χ2v) is 11.0. The molecule has 0 radical (unpaired) electrons. The number of alkyl halides is 3. The van der Waals surface area contributed by atoms with E-state index in [1.807, 2.05) is 11.0 Å². The molecular formula is C30H35F3N6O2. The standard InChI is InChI=1S/C30H35F3N6O2/c1-21-5-3-8-25(17-21)39-16-15-37(19-22(39)2)28(41)29(10-12-34-13-11-29)35-27(40)20-38-14-9-26(36-38)23-6-4-7-24(18-23)30(31,32)33/h3-9,14,17-18,22,34H,10-13,15-16,19-20H2,1-2H3,(H,35,40). The number of nitrogens with zero attached hydrogens (tertiary/aromatic N) is 4. The second kappa shape index (κ2) is 11.6. The van der Waals surface area contributed by atoms with Crippen molar-refractivity contribution in [1.82, 2.24) is 25.3 Å². The third-order valence-corrected chi connectivity index (χ3v) is 7.93. The third-order valence-electron chi connectivity index (χ3n) is 7.93. The van der Waals surface area contributed by atoms with Crippen LogP contribution in [0.5, 0.6) is 0 Å². The van der Waals surface area contributed by atoms with Crippen molar-refractivity contribution in [3.05, 3.63) is 71.9 Å². The van der Waals surface area contributed by atoms with E-state index in [2.05, 4.69) is 52.7 Å². The highest BCUT2D eigenvalue weighted by Crippen LogP contribution is 2.32. The number of piperidine rings is 1. The highest BCUT2D eigenvalue weighted by Gasteiger charge is 2.44. The molecule has 3 heterocycles. The lowest BCUT2D eigenvalue weighted by atomic mass is 9.86. The molecule has 1 unspecified atom stereocenters. The van der Waals surface area contributed by atoms with Gasteiger partial charge in [-0.25, -0.2) is 0 Å². The smallest absolute Gasteiger partial charge is 0.365 e. The zero-order valence-electron chi connectivity index (χ0n) is 23.2. The van der Waals surface area contributed by atoms with E-state index >= 15 is 0 Å². The molecule has 0 bridgehead atoms. The number of anilines is 1. The Morgan fingerprint density at radius 2 is 1.83 bits per heavy atom. The van der Waals surface area contributed by atoms with Gasteiger partial charge in [0, 0.05) is 43.1 Å². The van der Waals surface area contributed by atoms with Gasteiger partial charge in [-0.1, -0.05) is 24.3 Å². The fraction of sp³-hybridized carbons (Fsp3) is 0.433. The summed E-state index contributed by atoms with van der Waals surface area (Å²) in [5.41, 5.74) is 1.18. The van der Waals surface area contributed by atoms with Crippen molar-refractivity contribution in [1.29, 1.82) is 0 Å². The van der Waals surface area contributed by atoms with Crippen molar-refractivity contribution in [3.8, 4) is 11.3 Å². The molecule has 3 aromatic rings. The molecule has 1 aromatic heterocycles. The van der Waals surface area contributed by atoms with Gasteiger partial charge in [0.2, 0.25) is 11.8 Å². The van der Waals surface area contributed by atoms with Gasteiger partial charge in [0.15, 0.2) is 0 Å². The van der Waals surface area contributed by atoms with E-state index in [9.17, 15) is 22.8 Å². The summed E-state index contributed by atoms with van der Waals surface area (Å²) in [6.07, 6.45) is -1.96. The highest BCUT2D eigenvalue weighted by atomic mass is 19.4. The van der Waals surface area contributed by atoms with Crippen LogP contribution in [-0.2, 0) is 22.3 Å². The lowest BCUT2D eigenvalue weighted by molar-refractivity contribution is -0.144. The Morgan fingerprint density at radius 3 is 2.54 bits per heavy atom. The number of halogens is 3. The van der Waals surface area contributed by atoms with Crippen LogP contribution in [0.25, 0.3) is 11.3 Å². The molecule has 2 aliphatic rings. The van der Waals surface area contributed by atoms with E-state index in [-0.39, 0.29) is 24.4 Å². The van der Waals surface area contributed by atoms with Gasteiger partial charge in [-0.3, -0.25) is 14.3 Å². The lowest BCUT2D eigenvalue weighted by Gasteiger charge is -2.46. The van der Waals surface area contributed by atoms with Crippen LogP contribution < -0.4 is 15.5 Å².